The molecule has 0 fully saturated rings. The van der Waals surface area contributed by atoms with Crippen LogP contribution in [0.5, 0.6) is 0 Å². The largest absolute Gasteiger partial charge is 0.317 e. The first-order valence-electron chi connectivity index (χ1n) is 6.93. The third-order valence-corrected chi connectivity index (χ3v) is 3.63. The number of benzene rings is 2. The Bertz CT molecular complexity index is 625. The van der Waals surface area contributed by atoms with Gasteiger partial charge >= 0.3 is 0 Å². The second-order valence-electron chi connectivity index (χ2n) is 5.15. The summed E-state index contributed by atoms with van der Waals surface area (Å²) in [4.78, 5) is 0. The van der Waals surface area contributed by atoms with Crippen LogP contribution >= 0.6 is 0 Å². The van der Waals surface area contributed by atoms with E-state index >= 15 is 0 Å². The van der Waals surface area contributed by atoms with Crippen molar-refractivity contribution >= 4 is 0 Å². The van der Waals surface area contributed by atoms with Crippen molar-refractivity contribution in [3.05, 3.63) is 59.4 Å². The van der Waals surface area contributed by atoms with E-state index in [9.17, 15) is 13.2 Å². The van der Waals surface area contributed by atoms with Crippen molar-refractivity contribution < 1.29 is 13.2 Å². The van der Waals surface area contributed by atoms with Crippen LogP contribution in [0.1, 0.15) is 18.9 Å². The standard InChI is InChI=1S/C17H18F3N/c1-11(21-2)6-7-12-4-3-5-13(10-12)14-8-9-15(18)17(20)16(14)19/h3-5,8-11,21H,6-7H2,1-2H3. The second kappa shape index (κ2) is 6.76. The Morgan fingerprint density at radius 1 is 1.05 bits per heavy atom. The molecule has 0 aliphatic carbocycles. The maximum absolute atomic E-state index is 13.8. The number of nitrogens with one attached hydrogen (secondary N) is 1. The summed E-state index contributed by atoms with van der Waals surface area (Å²) in [6.07, 6.45) is 1.78. The van der Waals surface area contributed by atoms with Crippen molar-refractivity contribution in [3.63, 3.8) is 0 Å². The average Bonchev–Trinajstić information content (AvgIpc) is 2.50. The van der Waals surface area contributed by atoms with Crippen molar-refractivity contribution in [3.8, 4) is 11.1 Å². The van der Waals surface area contributed by atoms with Crippen LogP contribution in [0.4, 0.5) is 13.2 Å². The van der Waals surface area contributed by atoms with Gasteiger partial charge in [-0.15, -0.1) is 0 Å². The Hall–Kier alpha value is -1.81. The molecule has 0 aliphatic heterocycles. The van der Waals surface area contributed by atoms with Gasteiger partial charge in [-0.1, -0.05) is 24.3 Å². The Balaban J connectivity index is 2.27. The van der Waals surface area contributed by atoms with Gasteiger partial charge in [0.1, 0.15) is 0 Å². The van der Waals surface area contributed by atoms with Crippen LogP contribution in [-0.2, 0) is 6.42 Å². The minimum atomic E-state index is -1.43. The summed E-state index contributed by atoms with van der Waals surface area (Å²) in [5, 5.41) is 3.15. The fourth-order valence-electron chi connectivity index (χ4n) is 2.17. The first kappa shape index (κ1) is 15.6. The molecule has 0 saturated heterocycles. The average molecular weight is 293 g/mol. The maximum Gasteiger partial charge on any atom is 0.195 e. The fourth-order valence-corrected chi connectivity index (χ4v) is 2.17. The van der Waals surface area contributed by atoms with Crippen LogP contribution in [0.15, 0.2) is 36.4 Å². The first-order chi connectivity index (χ1) is 10.0. The number of hydrogen-bond acceptors (Lipinski definition) is 1. The lowest BCUT2D eigenvalue weighted by atomic mass is 9.99. The summed E-state index contributed by atoms with van der Waals surface area (Å²) in [5.74, 6) is -3.74. The molecule has 0 saturated carbocycles. The zero-order chi connectivity index (χ0) is 15.4. The molecule has 0 aromatic heterocycles. The van der Waals surface area contributed by atoms with Gasteiger partial charge in [0.2, 0.25) is 0 Å². The summed E-state index contributed by atoms with van der Waals surface area (Å²) < 4.78 is 40.1. The molecule has 1 nitrogen and oxygen atoms in total. The van der Waals surface area contributed by atoms with E-state index in [1.54, 1.807) is 12.1 Å². The van der Waals surface area contributed by atoms with Crippen LogP contribution in [0.2, 0.25) is 0 Å². The highest BCUT2D eigenvalue weighted by Crippen LogP contribution is 2.26. The minimum Gasteiger partial charge on any atom is -0.317 e. The van der Waals surface area contributed by atoms with Crippen molar-refractivity contribution in [2.75, 3.05) is 7.05 Å². The number of rotatable bonds is 5. The van der Waals surface area contributed by atoms with Gasteiger partial charge in [-0.25, -0.2) is 13.2 Å². The van der Waals surface area contributed by atoms with E-state index in [0.717, 1.165) is 24.5 Å². The van der Waals surface area contributed by atoms with Crippen LogP contribution in [-0.4, -0.2) is 13.1 Å². The molecular formula is C17H18F3N. The van der Waals surface area contributed by atoms with Gasteiger partial charge in [0.05, 0.1) is 0 Å². The van der Waals surface area contributed by atoms with Gasteiger partial charge in [-0.05, 0) is 50.1 Å². The molecule has 21 heavy (non-hydrogen) atoms. The van der Waals surface area contributed by atoms with E-state index in [1.807, 2.05) is 19.2 Å². The molecular weight excluding hydrogens is 275 g/mol. The third-order valence-electron chi connectivity index (χ3n) is 3.63. The van der Waals surface area contributed by atoms with Gasteiger partial charge in [-0.2, -0.15) is 0 Å². The number of halogens is 3. The fraction of sp³-hybridized carbons (Fsp3) is 0.294. The maximum atomic E-state index is 13.8. The number of hydrogen-bond donors (Lipinski definition) is 1. The van der Waals surface area contributed by atoms with Crippen molar-refractivity contribution in [1.82, 2.24) is 5.32 Å². The molecule has 1 atom stereocenters. The van der Waals surface area contributed by atoms with E-state index in [0.29, 0.717) is 11.6 Å². The highest BCUT2D eigenvalue weighted by atomic mass is 19.2. The monoisotopic (exact) mass is 293 g/mol. The van der Waals surface area contributed by atoms with Crippen LogP contribution < -0.4 is 5.32 Å². The van der Waals surface area contributed by atoms with Crippen LogP contribution in [0.3, 0.4) is 0 Å². The van der Waals surface area contributed by atoms with Gasteiger partial charge in [0.25, 0.3) is 0 Å². The smallest absolute Gasteiger partial charge is 0.195 e. The summed E-state index contributed by atoms with van der Waals surface area (Å²) in [5.41, 5.74) is 1.68. The highest BCUT2D eigenvalue weighted by Gasteiger charge is 2.14. The zero-order valence-corrected chi connectivity index (χ0v) is 12.1. The zero-order valence-electron chi connectivity index (χ0n) is 12.1. The molecule has 2 rings (SSSR count). The van der Waals surface area contributed by atoms with E-state index in [4.69, 9.17) is 0 Å². The Morgan fingerprint density at radius 3 is 2.52 bits per heavy atom. The summed E-state index contributed by atoms with van der Waals surface area (Å²) >= 11 is 0. The molecule has 0 bridgehead atoms. The number of aryl methyl sites for hydroxylation is 1. The molecule has 1 N–H and O–H groups in total. The van der Waals surface area contributed by atoms with Crippen LogP contribution in [0.25, 0.3) is 11.1 Å². The van der Waals surface area contributed by atoms with E-state index in [2.05, 4.69) is 12.2 Å². The molecule has 0 heterocycles. The SMILES string of the molecule is CNC(C)CCc1cccc(-c2ccc(F)c(F)c2F)c1. The molecule has 0 radical (unpaired) electrons. The Labute approximate surface area is 122 Å². The lowest BCUT2D eigenvalue weighted by molar-refractivity contribution is 0.449. The summed E-state index contributed by atoms with van der Waals surface area (Å²) in [6.45, 7) is 2.08. The molecule has 0 amide bonds. The second-order valence-corrected chi connectivity index (χ2v) is 5.15. The molecule has 2 aromatic carbocycles. The van der Waals surface area contributed by atoms with Gasteiger partial charge in [0, 0.05) is 11.6 Å². The van der Waals surface area contributed by atoms with E-state index in [1.165, 1.54) is 6.07 Å². The molecule has 4 heteroatoms. The van der Waals surface area contributed by atoms with E-state index < -0.39 is 17.5 Å². The van der Waals surface area contributed by atoms with E-state index in [-0.39, 0.29) is 5.56 Å². The normalized spacial score (nSPS) is 12.4. The summed E-state index contributed by atoms with van der Waals surface area (Å²) in [6, 6.07) is 9.86. The topological polar surface area (TPSA) is 12.0 Å². The van der Waals surface area contributed by atoms with Crippen molar-refractivity contribution in [2.24, 2.45) is 0 Å². The quantitative estimate of drug-likeness (QED) is 0.810. The lowest BCUT2D eigenvalue weighted by Crippen LogP contribution is -2.21. The predicted octanol–water partition coefficient (Wildman–Crippen LogP) is 4.31. The molecule has 112 valence electrons. The molecule has 1 unspecified atom stereocenters. The molecule has 0 spiro atoms. The van der Waals surface area contributed by atoms with Crippen molar-refractivity contribution in [1.29, 1.82) is 0 Å². The Kier molecular flexibility index (Phi) is 5.02. The third kappa shape index (κ3) is 3.64. The van der Waals surface area contributed by atoms with Gasteiger partial charge < -0.3 is 5.32 Å². The predicted molar refractivity (Wildman–Crippen MR) is 78.6 cm³/mol. The molecule has 2 aromatic rings. The highest BCUT2D eigenvalue weighted by molar-refractivity contribution is 5.65. The first-order valence-corrected chi connectivity index (χ1v) is 6.93. The Morgan fingerprint density at radius 2 is 1.81 bits per heavy atom. The van der Waals surface area contributed by atoms with Gasteiger partial charge in [0.15, 0.2) is 17.5 Å². The lowest BCUT2D eigenvalue weighted by Gasteiger charge is -2.11. The minimum absolute atomic E-state index is 0.0809. The summed E-state index contributed by atoms with van der Waals surface area (Å²) in [7, 11) is 1.90. The van der Waals surface area contributed by atoms with Gasteiger partial charge in [-0.3, -0.25) is 0 Å². The van der Waals surface area contributed by atoms with Crippen molar-refractivity contribution in [2.45, 2.75) is 25.8 Å². The van der Waals surface area contributed by atoms with Crippen LogP contribution in [0, 0.1) is 17.5 Å². The molecule has 0 aliphatic rings.